The van der Waals surface area contributed by atoms with Crippen LogP contribution < -0.4 is 0 Å². The van der Waals surface area contributed by atoms with Crippen molar-refractivity contribution in [2.75, 3.05) is 0 Å². The minimum Gasteiger partial charge on any atom is -0.0533 e. The van der Waals surface area contributed by atoms with E-state index >= 15 is 0 Å². The van der Waals surface area contributed by atoms with Crippen LogP contribution in [-0.4, -0.2) is 0 Å². The summed E-state index contributed by atoms with van der Waals surface area (Å²) >= 11 is 0. The summed E-state index contributed by atoms with van der Waals surface area (Å²) < 4.78 is 0. The van der Waals surface area contributed by atoms with E-state index in [0.29, 0.717) is 0 Å². The first-order chi connectivity index (χ1) is 5.81. The van der Waals surface area contributed by atoms with Gasteiger partial charge >= 0.3 is 0 Å². The molecule has 0 nitrogen and oxygen atoms in total. The molecule has 2 aliphatic rings. The molecule has 0 heterocycles. The Morgan fingerprint density at radius 2 is 1.42 bits per heavy atom. The molecule has 1 radical (unpaired) electrons. The molecule has 2 aliphatic carbocycles. The molecule has 0 aliphatic heterocycles. The van der Waals surface area contributed by atoms with Crippen LogP contribution >= 0.6 is 0 Å². The Hall–Kier alpha value is 0. The summed E-state index contributed by atoms with van der Waals surface area (Å²) in [5, 5.41) is 0. The van der Waals surface area contributed by atoms with Crippen molar-refractivity contribution < 1.29 is 0 Å². The molecule has 69 valence electrons. The Morgan fingerprint density at radius 3 is 2.00 bits per heavy atom. The molecule has 0 atom stereocenters. The smallest absolute Gasteiger partial charge is 0.0297 e. The molecule has 0 N–H and O–H groups in total. The van der Waals surface area contributed by atoms with Crippen LogP contribution in [0.25, 0.3) is 0 Å². The molecule has 0 bridgehead atoms. The highest BCUT2D eigenvalue weighted by Gasteiger charge is 2.34. The maximum absolute atomic E-state index is 4.18. The first-order valence-corrected chi connectivity index (χ1v) is 5.64. The average molecular weight is 165 g/mol. The van der Waals surface area contributed by atoms with Crippen LogP contribution in [0.5, 0.6) is 0 Å². The first-order valence-electron chi connectivity index (χ1n) is 5.64. The molecule has 0 heteroatoms. The molecule has 0 saturated heterocycles. The third kappa shape index (κ3) is 1.67. The van der Waals surface area contributed by atoms with Crippen molar-refractivity contribution in [2.45, 2.75) is 57.8 Å². The van der Waals surface area contributed by atoms with Crippen LogP contribution in [0.4, 0.5) is 0 Å². The van der Waals surface area contributed by atoms with Gasteiger partial charge in [-0.1, -0.05) is 26.2 Å². The molecule has 12 heavy (non-hydrogen) atoms. The van der Waals surface area contributed by atoms with E-state index in [-0.39, 0.29) is 0 Å². The Bertz CT molecular complexity index is 132. The molecule has 0 aromatic rings. The maximum atomic E-state index is 4.18. The molecular formula is C12H21. The predicted molar refractivity (Wildman–Crippen MR) is 52.8 cm³/mol. The van der Waals surface area contributed by atoms with Gasteiger partial charge in [0.2, 0.25) is 0 Å². The topological polar surface area (TPSA) is 0 Å². The van der Waals surface area contributed by atoms with Crippen molar-refractivity contribution in [3.63, 3.8) is 0 Å². The second-order valence-electron chi connectivity index (χ2n) is 5.00. The number of hydrogen-bond donors (Lipinski definition) is 0. The van der Waals surface area contributed by atoms with Crippen LogP contribution in [0, 0.1) is 18.3 Å². The highest BCUT2D eigenvalue weighted by atomic mass is 14.4. The molecule has 0 aromatic carbocycles. The lowest BCUT2D eigenvalue weighted by Crippen LogP contribution is -2.29. The number of hydrogen-bond acceptors (Lipinski definition) is 0. The molecular weight excluding hydrogens is 144 g/mol. The lowest BCUT2D eigenvalue weighted by Gasteiger charge is -2.42. The second kappa shape index (κ2) is 3.40. The molecule has 1 spiro atoms. The van der Waals surface area contributed by atoms with Crippen molar-refractivity contribution in [1.29, 1.82) is 0 Å². The van der Waals surface area contributed by atoms with Gasteiger partial charge < -0.3 is 0 Å². The molecule has 2 saturated carbocycles. The van der Waals surface area contributed by atoms with Gasteiger partial charge in [-0.05, 0) is 49.9 Å². The Morgan fingerprint density at radius 1 is 0.833 bits per heavy atom. The van der Waals surface area contributed by atoms with E-state index in [4.69, 9.17) is 0 Å². The Labute approximate surface area is 76.7 Å². The van der Waals surface area contributed by atoms with E-state index < -0.39 is 0 Å². The molecule has 0 amide bonds. The monoisotopic (exact) mass is 165 g/mol. The van der Waals surface area contributed by atoms with Crippen LogP contribution in [0.3, 0.4) is 0 Å². The van der Waals surface area contributed by atoms with Gasteiger partial charge in [0.25, 0.3) is 0 Å². The van der Waals surface area contributed by atoms with E-state index in [2.05, 4.69) is 6.92 Å². The van der Waals surface area contributed by atoms with E-state index in [1.54, 1.807) is 0 Å². The average Bonchev–Trinajstić information content (AvgIpc) is 2.13. The fourth-order valence-electron chi connectivity index (χ4n) is 3.09. The van der Waals surface area contributed by atoms with E-state index in [1.807, 2.05) is 0 Å². The molecule has 2 fully saturated rings. The van der Waals surface area contributed by atoms with Crippen LogP contribution in [-0.2, 0) is 0 Å². The summed E-state index contributed by atoms with van der Waals surface area (Å²) in [5.41, 5.74) is 0.798. The van der Waals surface area contributed by atoms with Gasteiger partial charge in [0.15, 0.2) is 0 Å². The van der Waals surface area contributed by atoms with Crippen molar-refractivity contribution in [3.8, 4) is 0 Å². The molecule has 0 unspecified atom stereocenters. The zero-order valence-corrected chi connectivity index (χ0v) is 8.15. The van der Waals surface area contributed by atoms with Crippen molar-refractivity contribution in [2.24, 2.45) is 11.3 Å². The Balaban J connectivity index is 1.92. The zero-order valence-electron chi connectivity index (χ0n) is 8.15. The number of rotatable bonds is 0. The van der Waals surface area contributed by atoms with Crippen LogP contribution in [0.1, 0.15) is 57.8 Å². The summed E-state index contributed by atoms with van der Waals surface area (Å²) in [4.78, 5) is 0. The van der Waals surface area contributed by atoms with Crippen LogP contribution in [0.2, 0.25) is 0 Å². The zero-order chi connectivity index (χ0) is 8.44. The summed E-state index contributed by atoms with van der Waals surface area (Å²) in [6.07, 6.45) is 13.3. The molecule has 2 rings (SSSR count). The van der Waals surface area contributed by atoms with Crippen LogP contribution in [0.15, 0.2) is 0 Å². The lowest BCUT2D eigenvalue weighted by atomic mass is 9.63. The Kier molecular flexibility index (Phi) is 2.43. The quantitative estimate of drug-likeness (QED) is 0.509. The van der Waals surface area contributed by atoms with E-state index in [0.717, 1.165) is 11.3 Å². The van der Waals surface area contributed by atoms with Gasteiger partial charge in [-0.15, -0.1) is 0 Å². The predicted octanol–water partition coefficient (Wildman–Crippen LogP) is 3.96. The third-order valence-corrected chi connectivity index (χ3v) is 4.08. The van der Waals surface area contributed by atoms with Gasteiger partial charge in [0.1, 0.15) is 0 Å². The first kappa shape index (κ1) is 8.59. The standard InChI is InChI=1S/C12H21/c1-11-5-9-12(10-6-11)7-3-2-4-8-12/h11H,1-10H2. The lowest BCUT2D eigenvalue weighted by molar-refractivity contribution is 0.108. The summed E-state index contributed by atoms with van der Waals surface area (Å²) in [7, 11) is 0. The van der Waals surface area contributed by atoms with Crippen molar-refractivity contribution in [1.82, 2.24) is 0 Å². The fraction of sp³-hybridized carbons (Fsp3) is 0.917. The van der Waals surface area contributed by atoms with Gasteiger partial charge in [-0.2, -0.15) is 0 Å². The minimum atomic E-state index is 0.776. The fourth-order valence-corrected chi connectivity index (χ4v) is 3.09. The van der Waals surface area contributed by atoms with Gasteiger partial charge in [-0.3, -0.25) is 0 Å². The highest BCUT2D eigenvalue weighted by Crippen LogP contribution is 2.48. The maximum Gasteiger partial charge on any atom is -0.0297 e. The van der Waals surface area contributed by atoms with Crippen molar-refractivity contribution >= 4 is 0 Å². The van der Waals surface area contributed by atoms with Gasteiger partial charge in [-0.25, -0.2) is 0 Å². The summed E-state index contributed by atoms with van der Waals surface area (Å²) in [5.74, 6) is 0.776. The minimum absolute atomic E-state index is 0.776. The SMILES string of the molecule is [CH2]C1CCC2(CCCCC2)CC1. The van der Waals surface area contributed by atoms with Gasteiger partial charge in [0.05, 0.1) is 0 Å². The highest BCUT2D eigenvalue weighted by molar-refractivity contribution is 4.88. The largest absolute Gasteiger partial charge is 0.0533 e. The van der Waals surface area contributed by atoms with Gasteiger partial charge in [0, 0.05) is 0 Å². The van der Waals surface area contributed by atoms with E-state index in [9.17, 15) is 0 Å². The summed E-state index contributed by atoms with van der Waals surface area (Å²) in [6.45, 7) is 4.18. The van der Waals surface area contributed by atoms with Crippen molar-refractivity contribution in [3.05, 3.63) is 6.92 Å². The van der Waals surface area contributed by atoms with E-state index in [1.165, 1.54) is 57.8 Å². The third-order valence-electron chi connectivity index (χ3n) is 4.08. The molecule has 0 aromatic heterocycles. The normalized spacial score (nSPS) is 30.8. The summed E-state index contributed by atoms with van der Waals surface area (Å²) in [6, 6.07) is 0. The second-order valence-corrected chi connectivity index (χ2v) is 5.00.